The average Bonchev–Trinajstić information content (AvgIpc) is 2.42. The second-order valence-electron chi connectivity index (χ2n) is 4.34. The molecule has 1 atom stereocenters. The normalized spacial score (nSPS) is 12.2. The number of halogens is 3. The Bertz CT molecular complexity index is 573. The third-order valence-corrected chi connectivity index (χ3v) is 3.88. The summed E-state index contributed by atoms with van der Waals surface area (Å²) < 4.78 is 26.8. The highest BCUT2D eigenvalue weighted by atomic mass is 127. The molecule has 3 nitrogen and oxygen atoms in total. The minimum atomic E-state index is -1.12. The zero-order valence-corrected chi connectivity index (χ0v) is 13.1. The number of anilines is 1. The highest BCUT2D eigenvalue weighted by molar-refractivity contribution is 14.1. The number of hydrogen-bond donors (Lipinski definition) is 1. The van der Waals surface area contributed by atoms with Gasteiger partial charge >= 0.3 is 0 Å². The van der Waals surface area contributed by atoms with E-state index in [0.29, 0.717) is 21.6 Å². The second kappa shape index (κ2) is 6.92. The Morgan fingerprint density at radius 2 is 1.95 bits per heavy atom. The Kier molecular flexibility index (Phi) is 5.22. The van der Waals surface area contributed by atoms with E-state index in [1.807, 2.05) is 22.6 Å². The summed E-state index contributed by atoms with van der Waals surface area (Å²) in [5.41, 5.74) is 1.42. The first-order valence-corrected chi connectivity index (χ1v) is 7.28. The Balaban J connectivity index is 1.97. The average molecular weight is 389 g/mol. The van der Waals surface area contributed by atoms with Crippen LogP contribution in [-0.4, -0.2) is 16.5 Å². The van der Waals surface area contributed by atoms with E-state index >= 15 is 0 Å². The Morgan fingerprint density at radius 1 is 1.25 bits per heavy atom. The van der Waals surface area contributed by atoms with Crippen molar-refractivity contribution in [3.63, 3.8) is 0 Å². The van der Waals surface area contributed by atoms with Gasteiger partial charge in [0.2, 0.25) is 0 Å². The second-order valence-corrected chi connectivity index (χ2v) is 5.42. The van der Waals surface area contributed by atoms with Crippen LogP contribution in [0.2, 0.25) is 0 Å². The number of aromatic nitrogens is 2. The summed E-state index contributed by atoms with van der Waals surface area (Å²) in [7, 11) is 0. The number of nitrogens with zero attached hydrogens (tertiary/aromatic N) is 2. The summed E-state index contributed by atoms with van der Waals surface area (Å²) in [6.45, 7) is 2.09. The quantitative estimate of drug-likeness (QED) is 0.789. The molecule has 0 aliphatic heterocycles. The fourth-order valence-corrected chi connectivity index (χ4v) is 2.66. The molecule has 0 bridgehead atoms. The first kappa shape index (κ1) is 15.1. The molecular formula is C14H14F2IN3. The topological polar surface area (TPSA) is 37.8 Å². The zero-order valence-electron chi connectivity index (χ0n) is 10.9. The van der Waals surface area contributed by atoms with Gasteiger partial charge in [-0.2, -0.15) is 0 Å². The van der Waals surface area contributed by atoms with E-state index in [9.17, 15) is 8.78 Å². The molecule has 0 aliphatic rings. The molecule has 1 N–H and O–H groups in total. The van der Waals surface area contributed by atoms with Crippen LogP contribution in [0.15, 0.2) is 30.6 Å². The van der Waals surface area contributed by atoms with Gasteiger partial charge in [-0.05, 0) is 53.6 Å². The minimum absolute atomic E-state index is 0.242. The number of benzene rings is 1. The lowest BCUT2D eigenvalue weighted by atomic mass is 10.1. The van der Waals surface area contributed by atoms with Crippen LogP contribution in [0.5, 0.6) is 0 Å². The van der Waals surface area contributed by atoms with Crippen molar-refractivity contribution < 1.29 is 8.78 Å². The molecule has 1 unspecified atom stereocenters. The lowest BCUT2D eigenvalue weighted by Crippen LogP contribution is -2.10. The minimum Gasteiger partial charge on any atom is -0.369 e. The molecule has 1 aromatic carbocycles. The first-order valence-electron chi connectivity index (χ1n) is 6.20. The Labute approximate surface area is 130 Å². The summed E-state index contributed by atoms with van der Waals surface area (Å²) >= 11 is 2.04. The summed E-state index contributed by atoms with van der Waals surface area (Å²) in [6, 6.07) is 6.37. The number of rotatable bonds is 5. The van der Waals surface area contributed by atoms with Gasteiger partial charge in [0, 0.05) is 6.54 Å². The molecule has 0 spiro atoms. The lowest BCUT2D eigenvalue weighted by molar-refractivity contribution is 0.364. The third kappa shape index (κ3) is 3.84. The summed E-state index contributed by atoms with van der Waals surface area (Å²) in [5, 5.41) is 3.15. The highest BCUT2D eigenvalue weighted by Gasteiger charge is 2.13. The number of alkyl halides is 1. The molecule has 0 aliphatic carbocycles. The van der Waals surface area contributed by atoms with Crippen LogP contribution in [-0.2, 0) is 6.42 Å². The Hall–Kier alpha value is -1.31. The van der Waals surface area contributed by atoms with Crippen molar-refractivity contribution in [2.45, 2.75) is 19.5 Å². The summed E-state index contributed by atoms with van der Waals surface area (Å²) in [5.74, 6) is 0.385. The van der Waals surface area contributed by atoms with E-state index in [0.717, 1.165) is 12.0 Å². The maximum absolute atomic E-state index is 13.3. The van der Waals surface area contributed by atoms with E-state index < -0.39 is 6.17 Å². The van der Waals surface area contributed by atoms with Crippen molar-refractivity contribution in [1.82, 2.24) is 9.97 Å². The van der Waals surface area contributed by atoms with E-state index in [1.165, 1.54) is 25.4 Å². The van der Waals surface area contributed by atoms with Crippen LogP contribution >= 0.6 is 22.6 Å². The van der Waals surface area contributed by atoms with Crippen molar-refractivity contribution >= 4 is 28.4 Å². The first-order chi connectivity index (χ1) is 9.58. The summed E-state index contributed by atoms with van der Waals surface area (Å²) in [6.07, 6.45) is 0.969. The van der Waals surface area contributed by atoms with E-state index in [4.69, 9.17) is 0 Å². The van der Waals surface area contributed by atoms with Crippen LogP contribution in [0.25, 0.3) is 0 Å². The lowest BCUT2D eigenvalue weighted by Gasteiger charge is -2.10. The predicted molar refractivity (Wildman–Crippen MR) is 82.9 cm³/mol. The molecular weight excluding hydrogens is 375 g/mol. The van der Waals surface area contributed by atoms with Gasteiger partial charge in [0.25, 0.3) is 0 Å². The van der Waals surface area contributed by atoms with Crippen LogP contribution in [0.1, 0.15) is 24.4 Å². The largest absolute Gasteiger partial charge is 0.369 e. The molecule has 6 heteroatoms. The van der Waals surface area contributed by atoms with Crippen LogP contribution in [0.3, 0.4) is 0 Å². The van der Waals surface area contributed by atoms with E-state index in [-0.39, 0.29) is 5.82 Å². The van der Waals surface area contributed by atoms with Gasteiger partial charge < -0.3 is 5.32 Å². The maximum atomic E-state index is 13.3. The number of hydrogen-bond acceptors (Lipinski definition) is 3. The molecule has 0 radical (unpaired) electrons. The van der Waals surface area contributed by atoms with Crippen LogP contribution in [0.4, 0.5) is 14.6 Å². The highest BCUT2D eigenvalue weighted by Crippen LogP contribution is 2.24. The molecule has 0 saturated heterocycles. The van der Waals surface area contributed by atoms with Gasteiger partial charge in [0.05, 0.1) is 9.26 Å². The van der Waals surface area contributed by atoms with Crippen molar-refractivity contribution in [3.8, 4) is 0 Å². The molecule has 1 heterocycles. The van der Waals surface area contributed by atoms with Gasteiger partial charge in [-0.1, -0.05) is 12.1 Å². The molecule has 0 amide bonds. The van der Waals surface area contributed by atoms with Crippen molar-refractivity contribution in [3.05, 3.63) is 51.2 Å². The molecule has 106 valence electrons. The van der Waals surface area contributed by atoms with Crippen molar-refractivity contribution in [1.29, 1.82) is 0 Å². The van der Waals surface area contributed by atoms with Crippen LogP contribution < -0.4 is 5.32 Å². The standard InChI is InChI=1S/C14H14F2IN3/c1-9(15)13-12(17)14(20-8-19-13)18-7-6-10-2-4-11(16)5-3-10/h2-5,8-9H,6-7H2,1H3,(H,18,19,20). The van der Waals surface area contributed by atoms with Crippen molar-refractivity contribution in [2.75, 3.05) is 11.9 Å². The van der Waals surface area contributed by atoms with Gasteiger partial charge in [0.1, 0.15) is 24.1 Å². The SMILES string of the molecule is CC(F)c1ncnc(NCCc2ccc(F)cc2)c1I. The third-order valence-electron chi connectivity index (χ3n) is 2.81. The fraction of sp³-hybridized carbons (Fsp3) is 0.286. The zero-order chi connectivity index (χ0) is 14.5. The van der Waals surface area contributed by atoms with Gasteiger partial charge in [-0.3, -0.25) is 0 Å². The maximum Gasteiger partial charge on any atom is 0.143 e. The summed E-state index contributed by atoms with van der Waals surface area (Å²) in [4.78, 5) is 8.05. The fourth-order valence-electron chi connectivity index (χ4n) is 1.76. The molecule has 2 aromatic rings. The molecule has 1 aromatic heterocycles. The molecule has 0 fully saturated rings. The monoisotopic (exact) mass is 389 g/mol. The molecule has 2 rings (SSSR count). The Morgan fingerprint density at radius 3 is 2.60 bits per heavy atom. The van der Waals surface area contributed by atoms with Crippen molar-refractivity contribution in [2.24, 2.45) is 0 Å². The molecule has 20 heavy (non-hydrogen) atoms. The smallest absolute Gasteiger partial charge is 0.143 e. The van der Waals surface area contributed by atoms with Gasteiger partial charge in [-0.15, -0.1) is 0 Å². The molecule has 0 saturated carbocycles. The number of nitrogens with one attached hydrogen (secondary N) is 1. The van der Waals surface area contributed by atoms with E-state index in [1.54, 1.807) is 12.1 Å². The van der Waals surface area contributed by atoms with Gasteiger partial charge in [0.15, 0.2) is 0 Å². The van der Waals surface area contributed by atoms with E-state index in [2.05, 4.69) is 15.3 Å². The van der Waals surface area contributed by atoms with Crippen LogP contribution in [0, 0.1) is 9.39 Å². The van der Waals surface area contributed by atoms with Gasteiger partial charge in [-0.25, -0.2) is 18.7 Å². The predicted octanol–water partition coefficient (Wildman–Crippen LogP) is 3.91.